The van der Waals surface area contributed by atoms with Crippen LogP contribution >= 0.6 is 23.9 Å². The third-order valence-corrected chi connectivity index (χ3v) is 20.9. The lowest BCUT2D eigenvalue weighted by molar-refractivity contribution is 0.397. The number of hydrogen-bond acceptors (Lipinski definition) is 6. The highest BCUT2D eigenvalue weighted by molar-refractivity contribution is 9.10. The van der Waals surface area contributed by atoms with E-state index in [1.165, 1.54) is 115 Å². The molecule has 11 heteroatoms. The zero-order chi connectivity index (χ0) is 60.9. The molecule has 2 N–H and O–H groups in total. The van der Waals surface area contributed by atoms with Gasteiger partial charge in [0.25, 0.3) is 0 Å². The molecule has 2 fully saturated rings. The van der Waals surface area contributed by atoms with Crippen molar-refractivity contribution in [3.05, 3.63) is 240 Å². The lowest BCUT2D eigenvalue weighted by Crippen LogP contribution is -2.29. The van der Waals surface area contributed by atoms with E-state index in [0.717, 1.165) is 81.3 Å². The van der Waals surface area contributed by atoms with Gasteiger partial charge in [-0.25, -0.2) is 9.97 Å². The van der Waals surface area contributed by atoms with Crippen molar-refractivity contribution in [1.29, 1.82) is 0 Å². The lowest BCUT2D eigenvalue weighted by Gasteiger charge is -2.39. The fourth-order valence-corrected chi connectivity index (χ4v) is 17.1. The summed E-state index contributed by atoms with van der Waals surface area (Å²) in [5.41, 5.74) is 17.5. The second-order valence-electron chi connectivity index (χ2n) is 22.3. The SMILES string of the molecule is CCc1cc(-c2ccccc2)cc(CC)c1-n1ccnc1-c1ccccc1.CCc1cc(Br)cc(CC)c1-n1ccnc1-c1ccccc1.COc1cccc(OC)c1-c1ccccc1P(C1CCCCC1)C1CCCCC1.OB(O)c1ccccc1. The number of benzene rings is 8. The summed E-state index contributed by atoms with van der Waals surface area (Å²) in [7, 11) is 2.02. The van der Waals surface area contributed by atoms with E-state index in [-0.39, 0.29) is 7.92 Å². The first-order valence-electron chi connectivity index (χ1n) is 31.4. The molecule has 0 unspecified atom stereocenters. The molecule has 8 nitrogen and oxygen atoms in total. The van der Waals surface area contributed by atoms with Gasteiger partial charge >= 0.3 is 7.12 Å². The number of ether oxygens (including phenoxy) is 2. The van der Waals surface area contributed by atoms with Gasteiger partial charge in [0, 0.05) is 40.4 Å². The van der Waals surface area contributed by atoms with E-state index < -0.39 is 7.12 Å². The van der Waals surface area contributed by atoms with Gasteiger partial charge in [-0.1, -0.05) is 242 Å². The first-order chi connectivity index (χ1) is 42.7. The highest BCUT2D eigenvalue weighted by Gasteiger charge is 2.34. The molecule has 0 saturated heterocycles. The van der Waals surface area contributed by atoms with Crippen molar-refractivity contribution in [1.82, 2.24) is 19.1 Å². The number of methoxy groups -OCH3 is 2. The van der Waals surface area contributed by atoms with Crippen LogP contribution in [-0.4, -0.2) is 61.8 Å². The zero-order valence-electron chi connectivity index (χ0n) is 51.7. The molecular weight excluding hydrogens is 1150 g/mol. The van der Waals surface area contributed by atoms with Gasteiger partial charge in [-0.05, 0) is 149 Å². The van der Waals surface area contributed by atoms with Crippen molar-refractivity contribution < 1.29 is 19.5 Å². The molecule has 2 saturated carbocycles. The predicted molar refractivity (Wildman–Crippen MR) is 370 cm³/mol. The summed E-state index contributed by atoms with van der Waals surface area (Å²) in [5.74, 6) is 3.82. The van der Waals surface area contributed by atoms with E-state index in [9.17, 15) is 0 Å². The summed E-state index contributed by atoms with van der Waals surface area (Å²) < 4.78 is 17.2. The Kier molecular flexibility index (Phi) is 24.0. The second-order valence-corrected chi connectivity index (χ2v) is 26.0. The van der Waals surface area contributed by atoms with Crippen LogP contribution in [0, 0.1) is 0 Å². The Balaban J connectivity index is 0.000000146. The Hall–Kier alpha value is -7.33. The number of rotatable bonds is 16. The van der Waals surface area contributed by atoms with Crippen LogP contribution in [0.2, 0.25) is 0 Å². The summed E-state index contributed by atoms with van der Waals surface area (Å²) in [4.78, 5) is 9.24. The van der Waals surface area contributed by atoms with Crippen LogP contribution < -0.4 is 20.2 Å². The van der Waals surface area contributed by atoms with E-state index in [0.29, 0.717) is 5.46 Å². The maximum atomic E-state index is 8.58. The average Bonchev–Trinajstić information content (AvgIpc) is 3.73. The van der Waals surface area contributed by atoms with Crippen LogP contribution in [-0.2, 0) is 25.7 Å². The standard InChI is InChI=1S/C26H35O2P.C25H24N2.C19H19BrN2.C6H7BO2/c1-27-23-17-11-18-24(28-2)26(23)22-16-9-10-19-25(22)29(20-12-5-3-6-13-20)21-14-7-4-8-15-21;1-3-19-17-23(21-11-7-5-8-12-21)18-20(4-2)24(19)27-16-15-26-25(27)22-13-9-6-10-14-22;1-3-14-12-17(20)13-15(4-2)18(14)22-11-10-21-19(22)16-8-6-5-7-9-16;8-7(9)6-4-2-1-3-5-6/h9-11,16-21H,3-8,12-15H2,1-2H3;5-18H,3-4H2,1-2H3;5-13H,3-4H2,1-2H3;1-5,8-9H. The summed E-state index contributed by atoms with van der Waals surface area (Å²) in [6.07, 6.45) is 26.0. The van der Waals surface area contributed by atoms with E-state index in [2.05, 4.69) is 215 Å². The molecule has 0 bridgehead atoms. The first kappa shape index (κ1) is 64.2. The Morgan fingerprint density at radius 2 is 0.862 bits per heavy atom. The Morgan fingerprint density at radius 3 is 1.26 bits per heavy atom. The van der Waals surface area contributed by atoms with Crippen molar-refractivity contribution in [2.45, 2.75) is 129 Å². The van der Waals surface area contributed by atoms with Gasteiger partial charge in [-0.2, -0.15) is 0 Å². The number of imidazole rings is 2. The van der Waals surface area contributed by atoms with Crippen LogP contribution in [0.15, 0.2) is 217 Å². The van der Waals surface area contributed by atoms with Crippen molar-refractivity contribution in [3.8, 4) is 67.9 Å². The van der Waals surface area contributed by atoms with Gasteiger partial charge < -0.3 is 19.5 Å². The molecule has 0 aliphatic heterocycles. The van der Waals surface area contributed by atoms with Crippen molar-refractivity contribution >= 4 is 41.7 Å². The maximum Gasteiger partial charge on any atom is 0.488 e. The molecule has 8 aromatic carbocycles. The Bertz CT molecular complexity index is 3610. The van der Waals surface area contributed by atoms with E-state index in [4.69, 9.17) is 19.5 Å². The molecule has 10 aromatic rings. The van der Waals surface area contributed by atoms with Gasteiger partial charge in [-0.3, -0.25) is 9.13 Å². The number of nitrogens with zero attached hydrogens (tertiary/aromatic N) is 4. The minimum absolute atomic E-state index is 0.182. The molecule has 448 valence electrons. The number of aromatic nitrogens is 4. The van der Waals surface area contributed by atoms with Gasteiger partial charge in [0.1, 0.15) is 23.1 Å². The fraction of sp³-hybridized carbons (Fsp3) is 0.289. The third-order valence-electron chi connectivity index (χ3n) is 16.9. The highest BCUT2D eigenvalue weighted by Crippen LogP contribution is 2.57. The normalized spacial score (nSPS) is 13.3. The Labute approximate surface area is 527 Å². The number of hydrogen-bond donors (Lipinski definition) is 2. The largest absolute Gasteiger partial charge is 0.496 e. The van der Waals surface area contributed by atoms with E-state index in [1.807, 2.05) is 36.7 Å². The third kappa shape index (κ3) is 16.1. The van der Waals surface area contributed by atoms with Crippen LogP contribution in [0.5, 0.6) is 11.5 Å². The van der Waals surface area contributed by atoms with Gasteiger partial charge in [-0.15, -0.1) is 0 Å². The van der Waals surface area contributed by atoms with Crippen LogP contribution in [0.3, 0.4) is 0 Å². The first-order valence-corrected chi connectivity index (χ1v) is 33.7. The zero-order valence-corrected chi connectivity index (χ0v) is 54.1. The van der Waals surface area contributed by atoms with Crippen LogP contribution in [0.1, 0.15) is 114 Å². The van der Waals surface area contributed by atoms with Crippen LogP contribution in [0.25, 0.3) is 56.4 Å². The predicted octanol–water partition coefficient (Wildman–Crippen LogP) is 18.3. The molecule has 0 amide bonds. The van der Waals surface area contributed by atoms with Crippen molar-refractivity contribution in [2.75, 3.05) is 14.2 Å². The van der Waals surface area contributed by atoms with Crippen molar-refractivity contribution in [2.24, 2.45) is 0 Å². The minimum Gasteiger partial charge on any atom is -0.496 e. The second kappa shape index (κ2) is 32.6. The van der Waals surface area contributed by atoms with Gasteiger partial charge in [0.2, 0.25) is 0 Å². The van der Waals surface area contributed by atoms with Crippen molar-refractivity contribution in [3.63, 3.8) is 0 Å². The molecule has 87 heavy (non-hydrogen) atoms. The lowest BCUT2D eigenvalue weighted by atomic mass is 9.81. The van der Waals surface area contributed by atoms with Gasteiger partial charge in [0.15, 0.2) is 0 Å². The minimum atomic E-state index is -1.34. The van der Waals surface area contributed by atoms with Crippen LogP contribution in [0.4, 0.5) is 0 Å². The highest BCUT2D eigenvalue weighted by atomic mass is 79.9. The van der Waals surface area contributed by atoms with E-state index in [1.54, 1.807) is 43.8 Å². The molecule has 2 heterocycles. The molecule has 2 aliphatic rings. The fourth-order valence-electron chi connectivity index (χ4n) is 12.6. The quantitative estimate of drug-likeness (QED) is 0.0739. The van der Waals surface area contributed by atoms with E-state index >= 15 is 0 Å². The molecule has 2 aromatic heterocycles. The smallest absolute Gasteiger partial charge is 0.488 e. The Morgan fingerprint density at radius 1 is 0.471 bits per heavy atom. The van der Waals surface area contributed by atoms with Gasteiger partial charge in [0.05, 0.1) is 31.2 Å². The summed E-state index contributed by atoms with van der Waals surface area (Å²) >= 11 is 3.63. The summed E-state index contributed by atoms with van der Waals surface area (Å²) in [6.45, 7) is 8.85. The monoisotopic (exact) mass is 1240 g/mol. The molecule has 0 atom stereocenters. The molecule has 0 spiro atoms. The number of halogens is 1. The molecule has 2 aliphatic carbocycles. The molecule has 0 radical (unpaired) electrons. The molecule has 12 rings (SSSR count). The molecular formula is C76H85BBrN4O4P. The topological polar surface area (TPSA) is 94.6 Å². The number of aryl methyl sites for hydroxylation is 4. The summed E-state index contributed by atoms with van der Waals surface area (Å²) in [6, 6.07) is 64.5. The average molecular weight is 1240 g/mol. The maximum absolute atomic E-state index is 8.58. The summed E-state index contributed by atoms with van der Waals surface area (Å²) in [5, 5.41) is 18.7.